The largest absolute Gasteiger partial charge is 0.395 e. The average molecular weight is 395 g/mol. The predicted molar refractivity (Wildman–Crippen MR) is 112 cm³/mol. The molecule has 27 heavy (non-hydrogen) atoms. The highest BCUT2D eigenvalue weighted by Crippen LogP contribution is 2.22. The molecule has 1 aromatic carbocycles. The summed E-state index contributed by atoms with van der Waals surface area (Å²) >= 11 is 6.28. The Balaban J connectivity index is 1.83. The van der Waals surface area contributed by atoms with Crippen molar-refractivity contribution in [3.05, 3.63) is 34.3 Å². The molecule has 0 radical (unpaired) electrons. The molecule has 0 saturated heterocycles. The lowest BCUT2D eigenvalue weighted by Gasteiger charge is -2.20. The number of carbonyl (C=O) groups excluding carboxylic acids is 1. The minimum atomic E-state index is -0.0593. The number of aliphatic hydroxyl groups is 1. The fraction of sp³-hybridized carbons (Fsp3) is 0.682. The number of nitrogens with one attached hydrogen (secondary N) is 2. The Morgan fingerprint density at radius 2 is 1.93 bits per heavy atom. The summed E-state index contributed by atoms with van der Waals surface area (Å²) < 4.78 is 0. The van der Waals surface area contributed by atoms with E-state index >= 15 is 0 Å². The molecule has 5 heteroatoms. The average Bonchev–Trinajstić information content (AvgIpc) is 2.65. The smallest absolute Gasteiger partial charge is 0.252 e. The van der Waals surface area contributed by atoms with Gasteiger partial charge in [0.05, 0.1) is 17.2 Å². The molecule has 1 aliphatic carbocycles. The molecule has 0 spiro atoms. The summed E-state index contributed by atoms with van der Waals surface area (Å²) in [4.78, 5) is 12.6. The zero-order valence-corrected chi connectivity index (χ0v) is 17.4. The molecule has 1 atom stereocenters. The third-order valence-corrected chi connectivity index (χ3v) is 5.79. The highest BCUT2D eigenvalue weighted by atomic mass is 35.5. The minimum Gasteiger partial charge on any atom is -0.395 e. The van der Waals surface area contributed by atoms with Crippen LogP contribution in [0, 0.1) is 5.92 Å². The maximum Gasteiger partial charge on any atom is 0.252 e. The molecule has 1 unspecified atom stereocenters. The van der Waals surface area contributed by atoms with Gasteiger partial charge >= 0.3 is 0 Å². The molecule has 152 valence electrons. The lowest BCUT2D eigenvalue weighted by Crippen LogP contribution is -2.30. The van der Waals surface area contributed by atoms with Crippen molar-refractivity contribution in [2.24, 2.45) is 5.92 Å². The first-order valence-electron chi connectivity index (χ1n) is 10.5. The lowest BCUT2D eigenvalue weighted by atomic mass is 9.91. The number of amides is 1. The van der Waals surface area contributed by atoms with E-state index in [1.54, 1.807) is 0 Å². The van der Waals surface area contributed by atoms with Crippen LogP contribution >= 0.6 is 11.6 Å². The van der Waals surface area contributed by atoms with Crippen molar-refractivity contribution in [2.75, 3.05) is 19.7 Å². The predicted octanol–water partition coefficient (Wildman–Crippen LogP) is 4.33. The van der Waals surface area contributed by atoms with Gasteiger partial charge in [-0.05, 0) is 62.8 Å². The van der Waals surface area contributed by atoms with E-state index in [1.807, 2.05) is 25.1 Å². The molecular weight excluding hydrogens is 360 g/mol. The Hall–Kier alpha value is -1.10. The highest BCUT2D eigenvalue weighted by Gasteiger charge is 2.15. The van der Waals surface area contributed by atoms with Gasteiger partial charge in [-0.15, -0.1) is 0 Å². The topological polar surface area (TPSA) is 61.4 Å². The fourth-order valence-corrected chi connectivity index (χ4v) is 3.89. The van der Waals surface area contributed by atoms with Crippen LogP contribution in [0.15, 0.2) is 18.2 Å². The van der Waals surface area contributed by atoms with Crippen LogP contribution in [-0.4, -0.2) is 36.8 Å². The molecule has 1 amide bonds. The fourth-order valence-electron chi connectivity index (χ4n) is 3.68. The normalized spacial score (nSPS) is 17.1. The van der Waals surface area contributed by atoms with Crippen molar-refractivity contribution >= 4 is 17.5 Å². The molecule has 2 rings (SSSR count). The van der Waals surface area contributed by atoms with E-state index in [1.165, 1.54) is 44.9 Å². The van der Waals surface area contributed by atoms with Crippen LogP contribution in [0.5, 0.6) is 0 Å². The molecular formula is C22H35ClN2O2. The van der Waals surface area contributed by atoms with Gasteiger partial charge in [0.2, 0.25) is 0 Å². The zero-order valence-electron chi connectivity index (χ0n) is 16.6. The molecule has 0 heterocycles. The Morgan fingerprint density at radius 1 is 1.22 bits per heavy atom. The minimum absolute atomic E-state index is 0.0593. The van der Waals surface area contributed by atoms with E-state index in [4.69, 9.17) is 16.7 Å². The van der Waals surface area contributed by atoms with E-state index in [9.17, 15) is 4.79 Å². The van der Waals surface area contributed by atoms with Gasteiger partial charge in [-0.2, -0.15) is 0 Å². The summed E-state index contributed by atoms with van der Waals surface area (Å²) in [6.07, 6.45) is 10.8. The molecule has 1 saturated carbocycles. The standard InChI is InChI=1S/C22H35ClN2O2/c1-17(16-26)24-13-7-10-18-11-12-21(23)20(14-18)22(27)25-15-19-8-5-3-2-4-6-9-19/h11-12,14,17,19,24,26H,2-10,13,15-16H2,1H3,(H,25,27). The molecule has 1 aliphatic rings. The first-order valence-corrected chi connectivity index (χ1v) is 10.9. The van der Waals surface area contributed by atoms with Crippen LogP contribution in [0.2, 0.25) is 5.02 Å². The van der Waals surface area contributed by atoms with Crippen LogP contribution in [0.3, 0.4) is 0 Å². The second kappa shape index (κ2) is 12.4. The van der Waals surface area contributed by atoms with Crippen molar-refractivity contribution in [1.29, 1.82) is 0 Å². The molecule has 0 aromatic heterocycles. The number of aryl methyl sites for hydroxylation is 1. The van der Waals surface area contributed by atoms with Crippen LogP contribution in [0.25, 0.3) is 0 Å². The highest BCUT2D eigenvalue weighted by molar-refractivity contribution is 6.33. The number of benzene rings is 1. The van der Waals surface area contributed by atoms with E-state index in [0.29, 0.717) is 16.5 Å². The van der Waals surface area contributed by atoms with Crippen molar-refractivity contribution in [1.82, 2.24) is 10.6 Å². The van der Waals surface area contributed by atoms with Gasteiger partial charge in [0.25, 0.3) is 5.91 Å². The Morgan fingerprint density at radius 3 is 2.63 bits per heavy atom. The Bertz CT molecular complexity index is 571. The first-order chi connectivity index (χ1) is 13.1. The number of hydrogen-bond acceptors (Lipinski definition) is 3. The van der Waals surface area contributed by atoms with Crippen molar-refractivity contribution in [2.45, 2.75) is 70.8 Å². The van der Waals surface area contributed by atoms with Crippen molar-refractivity contribution < 1.29 is 9.90 Å². The van der Waals surface area contributed by atoms with Crippen LogP contribution in [0.1, 0.15) is 74.2 Å². The molecule has 1 aromatic rings. The third-order valence-electron chi connectivity index (χ3n) is 5.46. The summed E-state index contributed by atoms with van der Waals surface area (Å²) in [7, 11) is 0. The number of aliphatic hydroxyl groups excluding tert-OH is 1. The van der Waals surface area contributed by atoms with Gasteiger partial charge in [0.15, 0.2) is 0 Å². The van der Waals surface area contributed by atoms with Gasteiger partial charge in [-0.1, -0.05) is 49.8 Å². The number of carbonyl (C=O) groups is 1. The second-order valence-electron chi connectivity index (χ2n) is 7.88. The summed E-state index contributed by atoms with van der Waals surface area (Å²) in [5.74, 6) is 0.534. The van der Waals surface area contributed by atoms with Gasteiger partial charge in [-0.25, -0.2) is 0 Å². The summed E-state index contributed by atoms with van der Waals surface area (Å²) in [5.41, 5.74) is 1.70. The summed E-state index contributed by atoms with van der Waals surface area (Å²) in [5, 5.41) is 15.9. The second-order valence-corrected chi connectivity index (χ2v) is 8.28. The third kappa shape index (κ3) is 8.20. The molecule has 0 bridgehead atoms. The van der Waals surface area contributed by atoms with E-state index in [0.717, 1.165) is 31.5 Å². The zero-order chi connectivity index (χ0) is 19.5. The van der Waals surface area contributed by atoms with E-state index < -0.39 is 0 Å². The monoisotopic (exact) mass is 394 g/mol. The Kier molecular flexibility index (Phi) is 10.2. The van der Waals surface area contributed by atoms with Gasteiger partial charge in [0.1, 0.15) is 0 Å². The molecule has 0 aliphatic heterocycles. The van der Waals surface area contributed by atoms with E-state index in [-0.39, 0.29) is 18.6 Å². The van der Waals surface area contributed by atoms with Gasteiger partial charge < -0.3 is 15.7 Å². The van der Waals surface area contributed by atoms with Gasteiger partial charge in [-0.3, -0.25) is 4.79 Å². The van der Waals surface area contributed by atoms with Crippen LogP contribution < -0.4 is 10.6 Å². The number of rotatable bonds is 9. The van der Waals surface area contributed by atoms with Crippen molar-refractivity contribution in [3.8, 4) is 0 Å². The van der Waals surface area contributed by atoms with Crippen LogP contribution in [0.4, 0.5) is 0 Å². The summed E-state index contributed by atoms with van der Waals surface area (Å²) in [6, 6.07) is 5.85. The number of halogens is 1. The van der Waals surface area contributed by atoms with Crippen molar-refractivity contribution in [3.63, 3.8) is 0 Å². The lowest BCUT2D eigenvalue weighted by molar-refractivity contribution is 0.0944. The SMILES string of the molecule is CC(CO)NCCCc1ccc(Cl)c(C(=O)NCC2CCCCCCC2)c1. The van der Waals surface area contributed by atoms with Gasteiger partial charge in [0, 0.05) is 12.6 Å². The van der Waals surface area contributed by atoms with E-state index in [2.05, 4.69) is 10.6 Å². The number of hydrogen-bond donors (Lipinski definition) is 3. The molecule has 3 N–H and O–H groups in total. The maximum absolute atomic E-state index is 12.6. The first kappa shape index (κ1) is 22.2. The summed E-state index contributed by atoms with van der Waals surface area (Å²) in [6.45, 7) is 3.70. The quantitative estimate of drug-likeness (QED) is 0.546. The van der Waals surface area contributed by atoms with Crippen LogP contribution in [-0.2, 0) is 6.42 Å². The Labute approximate surface area is 169 Å². The maximum atomic E-state index is 12.6. The molecule has 4 nitrogen and oxygen atoms in total. The molecule has 1 fully saturated rings.